The Balaban J connectivity index is 1.52. The number of hydrogen-bond donors (Lipinski definition) is 12. The number of unbranched alkanes of at least 4 members (excludes halogenated alkanes) is 20. The number of aliphatic hydroxyl groups excluding tert-OH is 11. The van der Waals surface area contributed by atoms with Crippen molar-refractivity contribution < 1.29 is 89.4 Å². The number of allylic oxidation sites excluding steroid dienone is 7. The van der Waals surface area contributed by atoms with Crippen LogP contribution < -0.4 is 5.32 Å². The summed E-state index contributed by atoms with van der Waals surface area (Å²) in [6.45, 7) is 1.66. The Hall–Kier alpha value is -2.25. The van der Waals surface area contributed by atoms with E-state index in [-0.39, 0.29) is 18.9 Å². The second-order valence-corrected chi connectivity index (χ2v) is 21.1. The fourth-order valence-electron chi connectivity index (χ4n) is 9.73. The van der Waals surface area contributed by atoms with Gasteiger partial charge in [0, 0.05) is 6.42 Å². The highest BCUT2D eigenvalue weighted by molar-refractivity contribution is 5.76. The number of carbonyl (C=O) groups is 1. The van der Waals surface area contributed by atoms with Crippen LogP contribution in [0.4, 0.5) is 0 Å². The van der Waals surface area contributed by atoms with Crippen LogP contribution in [0.25, 0.3) is 0 Å². The summed E-state index contributed by atoms with van der Waals surface area (Å²) in [6, 6.07) is -0.980. The van der Waals surface area contributed by atoms with Gasteiger partial charge in [-0.3, -0.25) is 4.79 Å². The van der Waals surface area contributed by atoms with Crippen LogP contribution in [0.5, 0.6) is 0 Å². The molecule has 3 fully saturated rings. The monoisotopic (exact) mass is 1100 g/mol. The van der Waals surface area contributed by atoms with E-state index < -0.39 is 124 Å². The molecule has 3 aliphatic rings. The summed E-state index contributed by atoms with van der Waals surface area (Å²) in [4.78, 5) is 13.3. The molecular formula is C58H103NO18. The van der Waals surface area contributed by atoms with E-state index >= 15 is 0 Å². The maximum atomic E-state index is 13.3. The highest BCUT2D eigenvalue weighted by atomic mass is 16.8. The average Bonchev–Trinajstić information content (AvgIpc) is 3.42. The summed E-state index contributed by atoms with van der Waals surface area (Å²) >= 11 is 0. The molecule has 19 heteroatoms. The van der Waals surface area contributed by atoms with Crippen molar-refractivity contribution >= 4 is 5.91 Å². The smallest absolute Gasteiger partial charge is 0.220 e. The number of nitrogens with one attached hydrogen (secondary N) is 1. The molecule has 0 aromatic heterocycles. The van der Waals surface area contributed by atoms with Crippen molar-refractivity contribution in [2.75, 3.05) is 26.4 Å². The van der Waals surface area contributed by atoms with E-state index in [1.165, 1.54) is 70.6 Å². The lowest BCUT2D eigenvalue weighted by molar-refractivity contribution is -0.379. The second-order valence-electron chi connectivity index (χ2n) is 21.1. The van der Waals surface area contributed by atoms with Gasteiger partial charge in [-0.05, 0) is 57.8 Å². The van der Waals surface area contributed by atoms with E-state index in [9.17, 15) is 61.0 Å². The lowest BCUT2D eigenvalue weighted by Gasteiger charge is -2.48. The summed E-state index contributed by atoms with van der Waals surface area (Å²) in [5, 5.41) is 120. The van der Waals surface area contributed by atoms with Crippen molar-refractivity contribution in [2.24, 2.45) is 0 Å². The van der Waals surface area contributed by atoms with Gasteiger partial charge in [0.2, 0.25) is 5.91 Å². The van der Waals surface area contributed by atoms with Crippen LogP contribution in [0.1, 0.15) is 181 Å². The Kier molecular flexibility index (Phi) is 37.4. The SMILES string of the molecule is CCCCC/C=C\C/C=C\C/C=C\CCCCCCCCC(=O)NC(COC1OC(CO)C(OC2OC(CO)C(OC3OC(CO)C(O)C(O)C3O)C(O)C2O)C(O)C1O)C(O)/C=C/CCCCCCCCCCCCC. The molecule has 12 N–H and O–H groups in total. The molecule has 77 heavy (non-hydrogen) atoms. The molecule has 0 saturated carbocycles. The largest absolute Gasteiger partial charge is 0.394 e. The normalized spacial score (nSPS) is 31.1. The van der Waals surface area contributed by atoms with Gasteiger partial charge in [-0.1, -0.05) is 165 Å². The van der Waals surface area contributed by atoms with E-state index in [4.69, 9.17) is 28.4 Å². The van der Waals surface area contributed by atoms with Gasteiger partial charge in [-0.25, -0.2) is 0 Å². The Labute approximate surface area is 459 Å². The molecule has 3 saturated heterocycles. The Morgan fingerprint density at radius 2 is 0.857 bits per heavy atom. The molecular weight excluding hydrogens is 999 g/mol. The first-order chi connectivity index (χ1) is 37.3. The Morgan fingerprint density at radius 3 is 1.36 bits per heavy atom. The molecule has 3 heterocycles. The van der Waals surface area contributed by atoms with E-state index in [0.717, 1.165) is 83.5 Å². The van der Waals surface area contributed by atoms with Crippen LogP contribution >= 0.6 is 0 Å². The van der Waals surface area contributed by atoms with E-state index in [0.29, 0.717) is 6.42 Å². The first kappa shape index (κ1) is 69.0. The molecule has 0 aliphatic carbocycles. The third kappa shape index (κ3) is 26.0. The van der Waals surface area contributed by atoms with Gasteiger partial charge in [0.1, 0.15) is 73.2 Å². The van der Waals surface area contributed by atoms with Gasteiger partial charge >= 0.3 is 0 Å². The fraction of sp³-hybridized carbons (Fsp3) is 0.845. The third-order valence-electron chi connectivity index (χ3n) is 14.6. The van der Waals surface area contributed by atoms with Crippen molar-refractivity contribution in [2.45, 2.75) is 285 Å². The summed E-state index contributed by atoms with van der Waals surface area (Å²) in [5.74, 6) is -0.291. The first-order valence-electron chi connectivity index (χ1n) is 29.4. The van der Waals surface area contributed by atoms with E-state index in [1.54, 1.807) is 6.08 Å². The minimum atomic E-state index is -1.98. The van der Waals surface area contributed by atoms with Gasteiger partial charge in [0.05, 0.1) is 38.6 Å². The summed E-state index contributed by atoms with van der Waals surface area (Å²) < 4.78 is 34.2. The molecule has 448 valence electrons. The van der Waals surface area contributed by atoms with Crippen LogP contribution in [0.3, 0.4) is 0 Å². The Bertz CT molecular complexity index is 1600. The fourth-order valence-corrected chi connectivity index (χ4v) is 9.73. The molecule has 0 aromatic carbocycles. The van der Waals surface area contributed by atoms with Gasteiger partial charge in [-0.15, -0.1) is 0 Å². The molecule has 0 aromatic rings. The summed E-state index contributed by atoms with van der Waals surface area (Å²) in [6.07, 6.45) is 18.0. The molecule has 0 radical (unpaired) electrons. The van der Waals surface area contributed by atoms with Gasteiger partial charge in [0.25, 0.3) is 0 Å². The Morgan fingerprint density at radius 1 is 0.468 bits per heavy atom. The van der Waals surface area contributed by atoms with Crippen molar-refractivity contribution in [1.82, 2.24) is 5.32 Å². The van der Waals surface area contributed by atoms with Crippen LogP contribution in [0, 0.1) is 0 Å². The molecule has 19 nitrogen and oxygen atoms in total. The van der Waals surface area contributed by atoms with Crippen molar-refractivity contribution in [3.63, 3.8) is 0 Å². The predicted octanol–water partition coefficient (Wildman–Crippen LogP) is 4.70. The van der Waals surface area contributed by atoms with E-state index in [2.05, 4.69) is 55.6 Å². The number of carbonyl (C=O) groups excluding carboxylic acids is 1. The lowest BCUT2D eigenvalue weighted by Crippen LogP contribution is -2.66. The first-order valence-corrected chi connectivity index (χ1v) is 29.4. The zero-order valence-electron chi connectivity index (χ0n) is 46.4. The topological polar surface area (TPSA) is 307 Å². The molecule has 1 amide bonds. The predicted molar refractivity (Wildman–Crippen MR) is 291 cm³/mol. The van der Waals surface area contributed by atoms with Crippen molar-refractivity contribution in [3.8, 4) is 0 Å². The highest BCUT2D eigenvalue weighted by Gasteiger charge is 2.53. The van der Waals surface area contributed by atoms with Gasteiger partial charge in [0.15, 0.2) is 18.9 Å². The summed E-state index contributed by atoms with van der Waals surface area (Å²) in [7, 11) is 0. The molecule has 0 bridgehead atoms. The maximum Gasteiger partial charge on any atom is 0.220 e. The quantitative estimate of drug-likeness (QED) is 0.0291. The highest BCUT2D eigenvalue weighted by Crippen LogP contribution is 2.33. The third-order valence-corrected chi connectivity index (χ3v) is 14.6. The minimum absolute atomic E-state index is 0.227. The second kappa shape index (κ2) is 41.7. The van der Waals surface area contributed by atoms with Crippen LogP contribution in [-0.2, 0) is 33.2 Å². The van der Waals surface area contributed by atoms with Crippen LogP contribution in [0.2, 0.25) is 0 Å². The van der Waals surface area contributed by atoms with Crippen LogP contribution in [0.15, 0.2) is 48.6 Å². The molecule has 17 atom stereocenters. The van der Waals surface area contributed by atoms with Crippen molar-refractivity contribution in [1.29, 1.82) is 0 Å². The zero-order valence-corrected chi connectivity index (χ0v) is 46.4. The molecule has 3 rings (SSSR count). The number of amides is 1. The lowest BCUT2D eigenvalue weighted by atomic mass is 9.96. The maximum absolute atomic E-state index is 13.3. The van der Waals surface area contributed by atoms with E-state index in [1.807, 2.05) is 6.08 Å². The average molecular weight is 1100 g/mol. The number of ether oxygens (including phenoxy) is 6. The number of rotatable bonds is 42. The minimum Gasteiger partial charge on any atom is -0.394 e. The molecule has 3 aliphatic heterocycles. The molecule has 17 unspecified atom stereocenters. The van der Waals surface area contributed by atoms with Crippen LogP contribution in [-0.4, -0.2) is 193 Å². The van der Waals surface area contributed by atoms with Gasteiger partial charge in [-0.2, -0.15) is 0 Å². The summed E-state index contributed by atoms with van der Waals surface area (Å²) in [5.41, 5.74) is 0. The standard InChI is InChI=1S/C58H103NO18/c1-3-5-7-9-11-13-15-17-18-19-20-21-22-24-26-28-30-32-34-36-46(64)59-41(42(63)35-33-31-29-27-25-23-16-14-12-10-8-6-4-2)40-72-56-52(70)49(67)54(44(38-61)74-56)77-58-53(71)50(68)55(45(39-62)75-58)76-57-51(69)48(66)47(65)43(37-60)73-57/h11,13,17-18,20-21,33,35,41-45,47-58,60-63,65-71H,3-10,12,14-16,19,22-32,34,36-40H2,1-2H3,(H,59,64)/b13-11-,18-17-,21-20-,35-33+. The zero-order chi connectivity index (χ0) is 56.2. The number of aliphatic hydroxyl groups is 11. The number of hydrogen-bond acceptors (Lipinski definition) is 18. The van der Waals surface area contributed by atoms with Gasteiger partial charge < -0.3 is 89.9 Å². The molecule has 0 spiro atoms. The van der Waals surface area contributed by atoms with Crippen molar-refractivity contribution in [3.05, 3.63) is 48.6 Å².